The Hall–Kier alpha value is -2.62. The summed E-state index contributed by atoms with van der Waals surface area (Å²) in [6.45, 7) is 8.31. The maximum atomic E-state index is 13.9. The fraction of sp³-hybridized carbons (Fsp3) is 0.375. The first-order chi connectivity index (χ1) is 13.4. The fourth-order valence-corrected chi connectivity index (χ4v) is 3.62. The molecule has 28 heavy (non-hydrogen) atoms. The zero-order chi connectivity index (χ0) is 20.3. The summed E-state index contributed by atoms with van der Waals surface area (Å²) < 4.78 is 13.9. The van der Waals surface area contributed by atoms with E-state index in [1.807, 2.05) is 25.3 Å². The number of fused-ring (bicyclic) bond motifs is 1. The number of carbonyl (C=O) groups is 1. The molecule has 1 amide bonds. The number of nitrogens with one attached hydrogen (secondary N) is 2. The van der Waals surface area contributed by atoms with E-state index in [0.717, 1.165) is 28.5 Å². The summed E-state index contributed by atoms with van der Waals surface area (Å²) in [5, 5.41) is 4.18. The summed E-state index contributed by atoms with van der Waals surface area (Å²) in [6.07, 6.45) is 3.18. The Morgan fingerprint density at radius 3 is 2.57 bits per heavy atom. The average molecular weight is 381 g/mol. The average Bonchev–Trinajstić information content (AvgIpc) is 3.09. The molecule has 1 heterocycles. The summed E-state index contributed by atoms with van der Waals surface area (Å²) in [5.41, 5.74) is 4.18. The van der Waals surface area contributed by atoms with E-state index in [1.165, 1.54) is 17.7 Å². The van der Waals surface area contributed by atoms with E-state index in [1.54, 1.807) is 6.07 Å². The Morgan fingerprint density at radius 2 is 1.89 bits per heavy atom. The van der Waals surface area contributed by atoms with Crippen molar-refractivity contribution in [3.63, 3.8) is 0 Å². The van der Waals surface area contributed by atoms with Gasteiger partial charge in [0.1, 0.15) is 5.82 Å². The van der Waals surface area contributed by atoms with Gasteiger partial charge in [-0.2, -0.15) is 0 Å². The fourth-order valence-electron chi connectivity index (χ4n) is 3.62. The lowest BCUT2D eigenvalue weighted by Crippen LogP contribution is -2.36. The predicted molar refractivity (Wildman–Crippen MR) is 113 cm³/mol. The van der Waals surface area contributed by atoms with Crippen LogP contribution in [-0.2, 0) is 11.2 Å². The zero-order valence-electron chi connectivity index (χ0n) is 17.1. The van der Waals surface area contributed by atoms with Crippen LogP contribution in [0.2, 0.25) is 0 Å². The third-order valence-electron chi connectivity index (χ3n) is 5.62. The van der Waals surface area contributed by atoms with Gasteiger partial charge in [0.15, 0.2) is 0 Å². The number of H-pyrrole nitrogens is 1. The van der Waals surface area contributed by atoms with Gasteiger partial charge < -0.3 is 10.3 Å². The molecule has 2 aromatic carbocycles. The highest BCUT2D eigenvalue weighted by atomic mass is 19.1. The van der Waals surface area contributed by atoms with Gasteiger partial charge in [0, 0.05) is 35.5 Å². The number of hydrogen-bond acceptors (Lipinski definition) is 1. The molecule has 1 aromatic heterocycles. The Labute approximate surface area is 166 Å². The number of halogens is 1. The SMILES string of the molecule is CCc1cccc2c(C(CC(=O)NC(C)C(C)C)c3cccc(F)c3)c[nH]c12. The van der Waals surface area contributed by atoms with Gasteiger partial charge in [0.05, 0.1) is 0 Å². The van der Waals surface area contributed by atoms with Crippen LogP contribution in [0.3, 0.4) is 0 Å². The van der Waals surface area contributed by atoms with Crippen molar-refractivity contribution >= 4 is 16.8 Å². The molecule has 0 spiro atoms. The van der Waals surface area contributed by atoms with Crippen molar-refractivity contribution in [2.24, 2.45) is 5.92 Å². The molecule has 2 unspecified atom stereocenters. The summed E-state index contributed by atoms with van der Waals surface area (Å²) in [6, 6.07) is 12.9. The molecule has 0 saturated carbocycles. The van der Waals surface area contributed by atoms with Crippen LogP contribution in [0.15, 0.2) is 48.7 Å². The largest absolute Gasteiger partial charge is 0.361 e. The Bertz CT molecular complexity index is 960. The molecule has 3 rings (SSSR count). The van der Waals surface area contributed by atoms with Gasteiger partial charge in [0.2, 0.25) is 5.91 Å². The number of para-hydroxylation sites is 1. The second-order valence-electron chi connectivity index (χ2n) is 7.85. The number of aromatic nitrogens is 1. The van der Waals surface area contributed by atoms with Gasteiger partial charge >= 0.3 is 0 Å². The third kappa shape index (κ3) is 4.27. The van der Waals surface area contributed by atoms with Crippen LogP contribution < -0.4 is 5.32 Å². The summed E-state index contributed by atoms with van der Waals surface area (Å²) in [7, 11) is 0. The second-order valence-corrected chi connectivity index (χ2v) is 7.85. The van der Waals surface area contributed by atoms with Crippen LogP contribution in [0.4, 0.5) is 4.39 Å². The normalized spacial score (nSPS) is 13.6. The number of aromatic amines is 1. The quantitative estimate of drug-likeness (QED) is 0.554. The molecule has 0 aliphatic rings. The monoisotopic (exact) mass is 380 g/mol. The number of carbonyl (C=O) groups excluding carboxylic acids is 1. The van der Waals surface area contributed by atoms with E-state index >= 15 is 0 Å². The van der Waals surface area contributed by atoms with Crippen molar-refractivity contribution in [3.05, 3.63) is 71.2 Å². The summed E-state index contributed by atoms with van der Waals surface area (Å²) in [5.74, 6) is -0.156. The maximum Gasteiger partial charge on any atom is 0.221 e. The molecule has 4 heteroatoms. The standard InChI is InChI=1S/C24H29FN2O/c1-5-17-8-7-11-20-22(14-26-24(17)20)21(18-9-6-10-19(25)12-18)13-23(28)27-16(4)15(2)3/h6-12,14-16,21,26H,5,13H2,1-4H3,(H,27,28). The van der Waals surface area contributed by atoms with Crippen molar-refractivity contribution in [3.8, 4) is 0 Å². The predicted octanol–water partition coefficient (Wildman–Crippen LogP) is 5.55. The van der Waals surface area contributed by atoms with E-state index in [9.17, 15) is 9.18 Å². The molecule has 0 radical (unpaired) electrons. The maximum absolute atomic E-state index is 13.9. The second kappa shape index (κ2) is 8.59. The molecule has 0 aliphatic carbocycles. The smallest absolute Gasteiger partial charge is 0.221 e. The highest BCUT2D eigenvalue weighted by molar-refractivity contribution is 5.88. The van der Waals surface area contributed by atoms with E-state index < -0.39 is 0 Å². The Balaban J connectivity index is 2.01. The van der Waals surface area contributed by atoms with Gasteiger partial charge in [-0.1, -0.05) is 51.1 Å². The first kappa shape index (κ1) is 20.1. The molecular weight excluding hydrogens is 351 g/mol. The van der Waals surface area contributed by atoms with Crippen LogP contribution in [0.25, 0.3) is 10.9 Å². The molecular formula is C24H29FN2O. The van der Waals surface area contributed by atoms with Gasteiger partial charge in [0.25, 0.3) is 0 Å². The van der Waals surface area contributed by atoms with E-state index in [4.69, 9.17) is 0 Å². The highest BCUT2D eigenvalue weighted by Gasteiger charge is 2.23. The molecule has 2 N–H and O–H groups in total. The van der Waals surface area contributed by atoms with Gasteiger partial charge in [-0.05, 0) is 48.1 Å². The molecule has 3 nitrogen and oxygen atoms in total. The molecule has 0 aliphatic heterocycles. The zero-order valence-corrected chi connectivity index (χ0v) is 17.1. The minimum atomic E-state index is -0.285. The Kier molecular flexibility index (Phi) is 6.18. The molecule has 3 aromatic rings. The lowest BCUT2D eigenvalue weighted by molar-refractivity contribution is -0.122. The third-order valence-corrected chi connectivity index (χ3v) is 5.62. The van der Waals surface area contributed by atoms with Crippen molar-refractivity contribution in [1.82, 2.24) is 10.3 Å². The van der Waals surface area contributed by atoms with E-state index in [2.05, 4.69) is 43.2 Å². The topological polar surface area (TPSA) is 44.9 Å². The number of aryl methyl sites for hydroxylation is 1. The number of amides is 1. The highest BCUT2D eigenvalue weighted by Crippen LogP contribution is 2.35. The summed E-state index contributed by atoms with van der Waals surface area (Å²) >= 11 is 0. The first-order valence-electron chi connectivity index (χ1n) is 10.0. The van der Waals surface area contributed by atoms with E-state index in [0.29, 0.717) is 5.92 Å². The number of benzene rings is 2. The van der Waals surface area contributed by atoms with Crippen LogP contribution in [0.1, 0.15) is 56.7 Å². The Morgan fingerprint density at radius 1 is 1.14 bits per heavy atom. The molecule has 148 valence electrons. The number of hydrogen-bond donors (Lipinski definition) is 2. The molecule has 2 atom stereocenters. The van der Waals surface area contributed by atoms with Crippen molar-refractivity contribution in [2.75, 3.05) is 0 Å². The van der Waals surface area contributed by atoms with Crippen molar-refractivity contribution in [2.45, 2.75) is 52.5 Å². The van der Waals surface area contributed by atoms with Gasteiger partial charge in [-0.25, -0.2) is 4.39 Å². The van der Waals surface area contributed by atoms with Crippen LogP contribution in [0.5, 0.6) is 0 Å². The van der Waals surface area contributed by atoms with Crippen LogP contribution >= 0.6 is 0 Å². The lowest BCUT2D eigenvalue weighted by atomic mass is 9.87. The molecule has 0 saturated heterocycles. The summed E-state index contributed by atoms with van der Waals surface area (Å²) in [4.78, 5) is 16.1. The van der Waals surface area contributed by atoms with Crippen molar-refractivity contribution < 1.29 is 9.18 Å². The molecule has 0 bridgehead atoms. The van der Waals surface area contributed by atoms with Crippen LogP contribution in [-0.4, -0.2) is 16.9 Å². The van der Waals surface area contributed by atoms with Gasteiger partial charge in [-0.15, -0.1) is 0 Å². The minimum absolute atomic E-state index is 0.0172. The van der Waals surface area contributed by atoms with E-state index in [-0.39, 0.29) is 30.1 Å². The lowest BCUT2D eigenvalue weighted by Gasteiger charge is -2.21. The minimum Gasteiger partial charge on any atom is -0.361 e. The van der Waals surface area contributed by atoms with Gasteiger partial charge in [-0.3, -0.25) is 4.79 Å². The molecule has 0 fully saturated rings. The van der Waals surface area contributed by atoms with Crippen LogP contribution in [0, 0.1) is 11.7 Å². The van der Waals surface area contributed by atoms with Crippen molar-refractivity contribution in [1.29, 1.82) is 0 Å². The first-order valence-corrected chi connectivity index (χ1v) is 10.0. The number of rotatable bonds is 7.